The maximum Gasteiger partial charge on any atom is 0.0703 e. The molecule has 0 fully saturated rings. The molecule has 19 heavy (non-hydrogen) atoms. The Morgan fingerprint density at radius 1 is 1.26 bits per heavy atom. The lowest BCUT2D eigenvalue weighted by Crippen LogP contribution is -2.28. The molecule has 0 aliphatic carbocycles. The lowest BCUT2D eigenvalue weighted by Gasteiger charge is -2.14. The first-order chi connectivity index (χ1) is 9.26. The van der Waals surface area contributed by atoms with Crippen LogP contribution in [0.5, 0.6) is 0 Å². The Labute approximate surface area is 116 Å². The van der Waals surface area contributed by atoms with Gasteiger partial charge in [0.1, 0.15) is 0 Å². The molecule has 1 heterocycles. The molecule has 0 bridgehead atoms. The van der Waals surface area contributed by atoms with Crippen LogP contribution in [0.3, 0.4) is 0 Å². The summed E-state index contributed by atoms with van der Waals surface area (Å²) in [6.07, 6.45) is 4.71. The Morgan fingerprint density at radius 3 is 2.79 bits per heavy atom. The topological polar surface area (TPSA) is 29.9 Å². The van der Waals surface area contributed by atoms with E-state index in [1.807, 2.05) is 11.7 Å². The smallest absolute Gasteiger partial charge is 0.0703 e. The van der Waals surface area contributed by atoms with Gasteiger partial charge in [0.2, 0.25) is 0 Å². The third-order valence-corrected chi connectivity index (χ3v) is 3.79. The molecule has 0 aliphatic rings. The van der Waals surface area contributed by atoms with Crippen molar-refractivity contribution < 1.29 is 0 Å². The van der Waals surface area contributed by atoms with Crippen LogP contribution in [0, 0.1) is 0 Å². The highest BCUT2D eigenvalue weighted by atomic mass is 15.3. The van der Waals surface area contributed by atoms with Crippen molar-refractivity contribution in [3.8, 4) is 0 Å². The number of rotatable bonds is 7. The molecule has 104 valence electrons. The Morgan fingerprint density at radius 2 is 2.05 bits per heavy atom. The number of hydrogen-bond acceptors (Lipinski definition) is 2. The first-order valence-electron chi connectivity index (χ1n) is 7.40. The Bertz CT molecular complexity index is 516. The highest BCUT2D eigenvalue weighted by Crippen LogP contribution is 2.19. The predicted molar refractivity (Wildman–Crippen MR) is 81.4 cm³/mol. The molecule has 1 unspecified atom stereocenters. The highest BCUT2D eigenvalue weighted by Gasteiger charge is 2.09. The van der Waals surface area contributed by atoms with Crippen LogP contribution in [0.2, 0.25) is 0 Å². The molecule has 2 aromatic rings. The van der Waals surface area contributed by atoms with Crippen LogP contribution in [0.4, 0.5) is 0 Å². The molecule has 0 saturated heterocycles. The van der Waals surface area contributed by atoms with Gasteiger partial charge in [-0.05, 0) is 38.3 Å². The van der Waals surface area contributed by atoms with Gasteiger partial charge in [0.15, 0.2) is 0 Å². The van der Waals surface area contributed by atoms with Crippen molar-refractivity contribution in [3.63, 3.8) is 0 Å². The van der Waals surface area contributed by atoms with Crippen LogP contribution in [0.25, 0.3) is 10.9 Å². The minimum absolute atomic E-state index is 0.653. The molecule has 1 atom stereocenters. The predicted octanol–water partition coefficient (Wildman–Crippen LogP) is 3.28. The molecular formula is C16H25N3. The van der Waals surface area contributed by atoms with Crippen molar-refractivity contribution in [2.75, 3.05) is 6.54 Å². The SMILES string of the molecule is CCNC(CC)CCCc1nn(C)c2ccccc12. The zero-order chi connectivity index (χ0) is 13.7. The fraction of sp³-hybridized carbons (Fsp3) is 0.562. The maximum atomic E-state index is 4.65. The van der Waals surface area contributed by atoms with Crippen molar-refractivity contribution >= 4 is 10.9 Å². The number of nitrogens with zero attached hydrogens (tertiary/aromatic N) is 2. The van der Waals surface area contributed by atoms with E-state index in [2.05, 4.69) is 48.5 Å². The normalized spacial score (nSPS) is 13.0. The van der Waals surface area contributed by atoms with E-state index >= 15 is 0 Å². The minimum atomic E-state index is 0.653. The van der Waals surface area contributed by atoms with E-state index in [1.165, 1.54) is 35.9 Å². The van der Waals surface area contributed by atoms with Gasteiger partial charge in [0.05, 0.1) is 11.2 Å². The molecule has 0 spiro atoms. The van der Waals surface area contributed by atoms with E-state index in [1.54, 1.807) is 0 Å². The zero-order valence-electron chi connectivity index (χ0n) is 12.3. The van der Waals surface area contributed by atoms with E-state index in [0.29, 0.717) is 6.04 Å². The van der Waals surface area contributed by atoms with Gasteiger partial charge in [0.25, 0.3) is 0 Å². The van der Waals surface area contributed by atoms with Gasteiger partial charge in [-0.1, -0.05) is 32.0 Å². The monoisotopic (exact) mass is 259 g/mol. The van der Waals surface area contributed by atoms with Gasteiger partial charge in [-0.15, -0.1) is 0 Å². The van der Waals surface area contributed by atoms with Crippen molar-refractivity contribution in [3.05, 3.63) is 30.0 Å². The molecule has 2 rings (SSSR count). The van der Waals surface area contributed by atoms with E-state index in [9.17, 15) is 0 Å². The van der Waals surface area contributed by atoms with Gasteiger partial charge in [-0.2, -0.15) is 5.10 Å². The molecule has 1 aromatic carbocycles. The first-order valence-corrected chi connectivity index (χ1v) is 7.40. The van der Waals surface area contributed by atoms with E-state index in [-0.39, 0.29) is 0 Å². The fourth-order valence-electron chi connectivity index (χ4n) is 2.73. The summed E-state index contributed by atoms with van der Waals surface area (Å²) in [6.45, 7) is 5.49. The Balaban J connectivity index is 1.98. The van der Waals surface area contributed by atoms with Crippen LogP contribution in [-0.2, 0) is 13.5 Å². The second kappa shape index (κ2) is 6.71. The Kier molecular flexibility index (Phi) is 4.97. The molecular weight excluding hydrogens is 234 g/mol. The van der Waals surface area contributed by atoms with Gasteiger partial charge in [-0.3, -0.25) is 4.68 Å². The van der Waals surface area contributed by atoms with Crippen LogP contribution in [0.15, 0.2) is 24.3 Å². The number of hydrogen-bond donors (Lipinski definition) is 1. The summed E-state index contributed by atoms with van der Waals surface area (Å²) in [6, 6.07) is 9.14. The molecule has 0 amide bonds. The van der Waals surface area contributed by atoms with Crippen LogP contribution in [0.1, 0.15) is 38.8 Å². The standard InChI is InChI=1S/C16H25N3/c1-4-13(17-5-2)9-8-11-15-14-10-6-7-12-16(14)19(3)18-15/h6-7,10,12-13,17H,4-5,8-9,11H2,1-3H3. The zero-order valence-corrected chi connectivity index (χ0v) is 12.3. The largest absolute Gasteiger partial charge is 0.314 e. The van der Waals surface area contributed by atoms with Crippen LogP contribution >= 0.6 is 0 Å². The summed E-state index contributed by atoms with van der Waals surface area (Å²) in [7, 11) is 2.03. The molecule has 1 aromatic heterocycles. The average molecular weight is 259 g/mol. The first kappa shape index (κ1) is 14.1. The van der Waals surface area contributed by atoms with Crippen LogP contribution < -0.4 is 5.32 Å². The lowest BCUT2D eigenvalue weighted by molar-refractivity contribution is 0.466. The number of fused-ring (bicyclic) bond motifs is 1. The molecule has 3 nitrogen and oxygen atoms in total. The highest BCUT2D eigenvalue weighted by molar-refractivity contribution is 5.81. The quantitative estimate of drug-likeness (QED) is 0.827. The molecule has 0 radical (unpaired) electrons. The molecule has 1 N–H and O–H groups in total. The molecule has 0 aliphatic heterocycles. The summed E-state index contributed by atoms with van der Waals surface area (Å²) in [5.74, 6) is 0. The molecule has 3 heteroatoms. The van der Waals surface area contributed by atoms with Gasteiger partial charge >= 0.3 is 0 Å². The number of benzene rings is 1. The van der Waals surface area contributed by atoms with Crippen molar-refractivity contribution in [1.29, 1.82) is 0 Å². The minimum Gasteiger partial charge on any atom is -0.314 e. The number of aryl methyl sites for hydroxylation is 2. The van der Waals surface area contributed by atoms with E-state index in [4.69, 9.17) is 0 Å². The number of nitrogens with one attached hydrogen (secondary N) is 1. The van der Waals surface area contributed by atoms with Gasteiger partial charge in [-0.25, -0.2) is 0 Å². The van der Waals surface area contributed by atoms with E-state index < -0.39 is 0 Å². The second-order valence-electron chi connectivity index (χ2n) is 5.14. The van der Waals surface area contributed by atoms with E-state index in [0.717, 1.165) is 13.0 Å². The van der Waals surface area contributed by atoms with Gasteiger partial charge < -0.3 is 5.32 Å². The summed E-state index contributed by atoms with van der Waals surface area (Å²) >= 11 is 0. The summed E-state index contributed by atoms with van der Waals surface area (Å²) in [5, 5.41) is 9.50. The summed E-state index contributed by atoms with van der Waals surface area (Å²) in [4.78, 5) is 0. The number of para-hydroxylation sites is 1. The lowest BCUT2D eigenvalue weighted by atomic mass is 10.0. The van der Waals surface area contributed by atoms with Gasteiger partial charge in [0, 0.05) is 18.5 Å². The average Bonchev–Trinajstić information content (AvgIpc) is 2.75. The van der Waals surface area contributed by atoms with Crippen LogP contribution in [-0.4, -0.2) is 22.4 Å². The van der Waals surface area contributed by atoms with Crippen molar-refractivity contribution in [2.24, 2.45) is 7.05 Å². The maximum absolute atomic E-state index is 4.65. The second-order valence-corrected chi connectivity index (χ2v) is 5.14. The number of aromatic nitrogens is 2. The third kappa shape index (κ3) is 3.35. The third-order valence-electron chi connectivity index (χ3n) is 3.79. The van der Waals surface area contributed by atoms with Crippen molar-refractivity contribution in [1.82, 2.24) is 15.1 Å². The Hall–Kier alpha value is -1.35. The molecule has 0 saturated carbocycles. The fourth-order valence-corrected chi connectivity index (χ4v) is 2.73. The summed E-state index contributed by atoms with van der Waals surface area (Å²) < 4.78 is 1.99. The summed E-state index contributed by atoms with van der Waals surface area (Å²) in [5.41, 5.74) is 2.47. The van der Waals surface area contributed by atoms with Crippen molar-refractivity contribution in [2.45, 2.75) is 45.6 Å².